The SMILES string of the molecule is Cl.Cl.NCC(Cc1ccc(NCc2ccccc2F)cc1)C(N)=O. The number of halogens is 3. The molecule has 0 aliphatic carbocycles. The largest absolute Gasteiger partial charge is 0.381 e. The van der Waals surface area contributed by atoms with Crippen molar-refractivity contribution >= 4 is 36.4 Å². The quantitative estimate of drug-likeness (QED) is 0.697. The molecule has 1 unspecified atom stereocenters. The van der Waals surface area contributed by atoms with Crippen molar-refractivity contribution < 1.29 is 9.18 Å². The number of carbonyl (C=O) groups excluding carboxylic acids is 1. The van der Waals surface area contributed by atoms with E-state index in [0.717, 1.165) is 11.3 Å². The molecule has 0 heterocycles. The predicted molar refractivity (Wildman–Crippen MR) is 100 cm³/mol. The highest BCUT2D eigenvalue weighted by atomic mass is 35.5. The third-order valence-corrected chi connectivity index (χ3v) is 3.56. The van der Waals surface area contributed by atoms with E-state index in [1.807, 2.05) is 24.3 Å². The summed E-state index contributed by atoms with van der Waals surface area (Å²) in [4.78, 5) is 11.2. The summed E-state index contributed by atoms with van der Waals surface area (Å²) in [5.41, 5.74) is 13.3. The summed E-state index contributed by atoms with van der Waals surface area (Å²) < 4.78 is 13.5. The number of hydrogen-bond acceptors (Lipinski definition) is 3. The van der Waals surface area contributed by atoms with Gasteiger partial charge in [0.2, 0.25) is 5.91 Å². The summed E-state index contributed by atoms with van der Waals surface area (Å²) in [5, 5.41) is 3.16. The van der Waals surface area contributed by atoms with E-state index >= 15 is 0 Å². The Labute approximate surface area is 153 Å². The molecule has 0 bridgehead atoms. The van der Waals surface area contributed by atoms with Gasteiger partial charge in [-0.15, -0.1) is 24.8 Å². The summed E-state index contributed by atoms with van der Waals surface area (Å²) in [7, 11) is 0. The molecular weight excluding hydrogens is 352 g/mol. The average Bonchev–Trinajstić information content (AvgIpc) is 2.52. The van der Waals surface area contributed by atoms with Gasteiger partial charge in [0.05, 0.1) is 5.92 Å². The highest BCUT2D eigenvalue weighted by molar-refractivity contribution is 5.85. The van der Waals surface area contributed by atoms with E-state index in [1.165, 1.54) is 6.07 Å². The van der Waals surface area contributed by atoms with E-state index in [1.54, 1.807) is 18.2 Å². The summed E-state index contributed by atoms with van der Waals surface area (Å²) >= 11 is 0. The normalized spacial score (nSPS) is 10.9. The molecule has 5 N–H and O–H groups in total. The first-order chi connectivity index (χ1) is 10.6. The molecule has 4 nitrogen and oxygen atoms in total. The first kappa shape index (κ1) is 22.2. The maximum Gasteiger partial charge on any atom is 0.222 e. The Hall–Kier alpha value is -1.82. The predicted octanol–water partition coefficient (Wildman–Crippen LogP) is 2.88. The molecule has 0 saturated carbocycles. The Morgan fingerprint density at radius 3 is 2.25 bits per heavy atom. The molecular formula is C17H22Cl2FN3O. The molecule has 132 valence electrons. The maximum atomic E-state index is 13.5. The minimum atomic E-state index is -0.385. The molecule has 1 amide bonds. The van der Waals surface area contributed by atoms with Crippen LogP contribution >= 0.6 is 24.8 Å². The second-order valence-electron chi connectivity index (χ2n) is 5.18. The van der Waals surface area contributed by atoms with E-state index < -0.39 is 0 Å². The molecule has 0 radical (unpaired) electrons. The number of nitrogens with two attached hydrogens (primary N) is 2. The molecule has 0 fully saturated rings. The lowest BCUT2D eigenvalue weighted by Gasteiger charge is -2.12. The summed E-state index contributed by atoms with van der Waals surface area (Å²) in [5.74, 6) is -0.958. The third-order valence-electron chi connectivity index (χ3n) is 3.56. The molecule has 1 atom stereocenters. The number of anilines is 1. The van der Waals surface area contributed by atoms with Crippen LogP contribution in [0.25, 0.3) is 0 Å². The van der Waals surface area contributed by atoms with Crippen LogP contribution in [0.2, 0.25) is 0 Å². The molecule has 0 aliphatic rings. The third kappa shape index (κ3) is 6.35. The Bertz CT molecular complexity index is 638. The fourth-order valence-corrected chi connectivity index (χ4v) is 2.18. The molecule has 2 aromatic rings. The highest BCUT2D eigenvalue weighted by Gasteiger charge is 2.13. The number of rotatable bonds is 7. The molecule has 0 spiro atoms. The number of carbonyl (C=O) groups is 1. The zero-order chi connectivity index (χ0) is 15.9. The van der Waals surface area contributed by atoms with Crippen molar-refractivity contribution in [3.63, 3.8) is 0 Å². The van der Waals surface area contributed by atoms with Gasteiger partial charge >= 0.3 is 0 Å². The van der Waals surface area contributed by atoms with Crippen LogP contribution in [0.5, 0.6) is 0 Å². The van der Waals surface area contributed by atoms with Crippen molar-refractivity contribution in [3.8, 4) is 0 Å². The van der Waals surface area contributed by atoms with Crippen molar-refractivity contribution in [3.05, 3.63) is 65.5 Å². The first-order valence-electron chi connectivity index (χ1n) is 7.15. The van der Waals surface area contributed by atoms with Gasteiger partial charge in [-0.1, -0.05) is 30.3 Å². The van der Waals surface area contributed by atoms with Gasteiger partial charge in [0.25, 0.3) is 0 Å². The van der Waals surface area contributed by atoms with E-state index in [-0.39, 0.29) is 49.0 Å². The number of hydrogen-bond donors (Lipinski definition) is 3. The van der Waals surface area contributed by atoms with Gasteiger partial charge < -0.3 is 16.8 Å². The van der Waals surface area contributed by atoms with Gasteiger partial charge in [-0.2, -0.15) is 0 Å². The van der Waals surface area contributed by atoms with Gasteiger partial charge in [-0.05, 0) is 30.2 Å². The zero-order valence-corrected chi connectivity index (χ0v) is 14.7. The maximum absolute atomic E-state index is 13.5. The summed E-state index contributed by atoms with van der Waals surface area (Å²) in [6, 6.07) is 14.3. The van der Waals surface area contributed by atoms with Crippen LogP contribution in [0.1, 0.15) is 11.1 Å². The number of nitrogens with one attached hydrogen (secondary N) is 1. The summed E-state index contributed by atoms with van der Waals surface area (Å²) in [6.07, 6.45) is 0.527. The number of primary amides is 1. The zero-order valence-electron chi connectivity index (χ0n) is 13.1. The van der Waals surface area contributed by atoms with Crippen LogP contribution in [0, 0.1) is 11.7 Å². The monoisotopic (exact) mass is 373 g/mol. The topological polar surface area (TPSA) is 81.1 Å². The molecule has 0 saturated heterocycles. The highest BCUT2D eigenvalue weighted by Crippen LogP contribution is 2.15. The Kier molecular flexibility index (Phi) is 10.0. The summed E-state index contributed by atoms with van der Waals surface area (Å²) in [6.45, 7) is 0.654. The van der Waals surface area contributed by atoms with Crippen molar-refractivity contribution in [1.82, 2.24) is 0 Å². The molecule has 0 aliphatic heterocycles. The number of benzene rings is 2. The minimum Gasteiger partial charge on any atom is -0.381 e. The Balaban J connectivity index is 0.00000264. The van der Waals surface area contributed by atoms with Crippen LogP contribution in [0.3, 0.4) is 0 Å². The van der Waals surface area contributed by atoms with E-state index in [9.17, 15) is 9.18 Å². The van der Waals surface area contributed by atoms with Crippen molar-refractivity contribution in [2.75, 3.05) is 11.9 Å². The van der Waals surface area contributed by atoms with Crippen LogP contribution in [0.4, 0.5) is 10.1 Å². The average molecular weight is 374 g/mol. The van der Waals surface area contributed by atoms with Crippen LogP contribution < -0.4 is 16.8 Å². The van der Waals surface area contributed by atoms with Gasteiger partial charge in [0.15, 0.2) is 0 Å². The van der Waals surface area contributed by atoms with Crippen molar-refractivity contribution in [2.45, 2.75) is 13.0 Å². The molecule has 2 rings (SSSR count). The van der Waals surface area contributed by atoms with Crippen molar-refractivity contribution in [1.29, 1.82) is 0 Å². The van der Waals surface area contributed by atoms with Crippen LogP contribution in [0.15, 0.2) is 48.5 Å². The van der Waals surface area contributed by atoms with E-state index in [4.69, 9.17) is 11.5 Å². The van der Waals surface area contributed by atoms with E-state index in [2.05, 4.69) is 5.32 Å². The van der Waals surface area contributed by atoms with Crippen molar-refractivity contribution in [2.24, 2.45) is 17.4 Å². The lowest BCUT2D eigenvalue weighted by Crippen LogP contribution is -2.31. The van der Waals surface area contributed by atoms with Gasteiger partial charge in [-0.3, -0.25) is 4.79 Å². The van der Waals surface area contributed by atoms with E-state index in [0.29, 0.717) is 18.5 Å². The van der Waals surface area contributed by atoms with Gasteiger partial charge in [0.1, 0.15) is 5.82 Å². The standard InChI is InChI=1S/C17H20FN3O.2ClH/c18-16-4-2-1-3-13(16)11-21-15-7-5-12(6-8-15)9-14(10-19)17(20)22;;/h1-8,14,21H,9-11,19H2,(H2,20,22);2*1H. The molecule has 7 heteroatoms. The lowest BCUT2D eigenvalue weighted by atomic mass is 9.99. The Morgan fingerprint density at radius 2 is 1.71 bits per heavy atom. The second-order valence-corrected chi connectivity index (χ2v) is 5.18. The van der Waals surface area contributed by atoms with Crippen LogP contribution in [-0.2, 0) is 17.8 Å². The molecule has 24 heavy (non-hydrogen) atoms. The van der Waals surface area contributed by atoms with Gasteiger partial charge in [0, 0.05) is 24.3 Å². The van der Waals surface area contributed by atoms with Crippen LogP contribution in [-0.4, -0.2) is 12.5 Å². The molecule has 2 aromatic carbocycles. The minimum absolute atomic E-state index is 0. The fourth-order valence-electron chi connectivity index (χ4n) is 2.18. The fraction of sp³-hybridized carbons (Fsp3) is 0.235. The Morgan fingerprint density at radius 1 is 1.08 bits per heavy atom. The smallest absolute Gasteiger partial charge is 0.222 e. The number of amides is 1. The van der Waals surface area contributed by atoms with Gasteiger partial charge in [-0.25, -0.2) is 4.39 Å². The first-order valence-corrected chi connectivity index (χ1v) is 7.15. The second kappa shape index (κ2) is 10.9. The lowest BCUT2D eigenvalue weighted by molar-refractivity contribution is -0.121. The molecule has 0 aromatic heterocycles.